The van der Waals surface area contributed by atoms with Gasteiger partial charge in [0.05, 0.1) is 19.8 Å². The molecule has 16 heteroatoms. The first-order valence-electron chi connectivity index (χ1n) is 13.2. The molecule has 3 aliphatic rings. The molecule has 0 spiro atoms. The number of hydrogen-bond donors (Lipinski definition) is 6. The molecule has 5 rings (SSSR count). The molecular formula is C25H30B3FN4O8. The average molecular weight is 566 g/mol. The van der Waals surface area contributed by atoms with Crippen molar-refractivity contribution in [3.63, 3.8) is 0 Å². The van der Waals surface area contributed by atoms with Crippen molar-refractivity contribution in [2.45, 2.75) is 35.4 Å². The monoisotopic (exact) mass is 566 g/mol. The third-order valence-electron chi connectivity index (χ3n) is 8.66. The molecule has 3 amide bonds. The van der Waals surface area contributed by atoms with Crippen LogP contribution in [0.4, 0.5) is 10.1 Å². The van der Waals surface area contributed by atoms with E-state index in [1.807, 2.05) is 10.2 Å². The molecule has 0 aliphatic carbocycles. The molecule has 2 saturated heterocycles. The number of fused-ring (bicyclic) bond motifs is 1. The molecule has 0 bridgehead atoms. The minimum absolute atomic E-state index is 0.0325. The van der Waals surface area contributed by atoms with Gasteiger partial charge < -0.3 is 30.5 Å². The Bertz CT molecular complexity index is 1440. The second-order valence-electron chi connectivity index (χ2n) is 11.1. The summed E-state index contributed by atoms with van der Waals surface area (Å²) in [6.45, 7) is 1.57. The fraction of sp³-hybridized carbons (Fsp3) is 0.400. The number of nitrogens with zero attached hydrogens (tertiary/aromatic N) is 2. The third kappa shape index (κ3) is 4.37. The van der Waals surface area contributed by atoms with E-state index in [1.54, 1.807) is 26.0 Å². The van der Waals surface area contributed by atoms with E-state index in [2.05, 4.69) is 5.32 Å². The zero-order valence-electron chi connectivity index (χ0n) is 22.9. The second kappa shape index (κ2) is 9.93. The molecule has 0 aromatic heterocycles. The molecule has 41 heavy (non-hydrogen) atoms. The number of imide groups is 1. The van der Waals surface area contributed by atoms with Gasteiger partial charge in [0, 0.05) is 42.0 Å². The molecule has 4 atom stereocenters. The van der Waals surface area contributed by atoms with Crippen molar-refractivity contribution in [3.05, 3.63) is 64.5 Å². The van der Waals surface area contributed by atoms with E-state index in [4.69, 9.17) is 4.74 Å². The molecule has 2 aromatic rings. The van der Waals surface area contributed by atoms with Crippen LogP contribution in [0.25, 0.3) is 0 Å². The van der Waals surface area contributed by atoms with Crippen molar-refractivity contribution < 1.29 is 43.9 Å². The van der Waals surface area contributed by atoms with Crippen LogP contribution in [-0.4, -0.2) is 115 Å². The van der Waals surface area contributed by atoms with Crippen molar-refractivity contribution >= 4 is 46.9 Å². The van der Waals surface area contributed by atoms with Crippen molar-refractivity contribution in [2.75, 3.05) is 31.6 Å². The number of rotatable bonds is 6. The van der Waals surface area contributed by atoms with Gasteiger partial charge in [-0.2, -0.15) is 0 Å². The zero-order valence-corrected chi connectivity index (χ0v) is 22.9. The van der Waals surface area contributed by atoms with Gasteiger partial charge in [-0.15, -0.1) is 0 Å². The summed E-state index contributed by atoms with van der Waals surface area (Å²) in [5.41, 5.74) is -8.15. The van der Waals surface area contributed by atoms with E-state index in [1.165, 1.54) is 18.2 Å². The predicted molar refractivity (Wildman–Crippen MR) is 150 cm³/mol. The zero-order chi connectivity index (χ0) is 30.0. The standard InChI is InChI=1S/C25H30B3FN4O8/c26-22(37)20(35)31-21(36)23(38,25(22,28)40)33-12-16-15(19(33)34)2-1-3-18(16)30-11-13-10-14(4-5-17(13)29)24(27,39)32-6-8-41-9-7-32/h1-5,10,30,37-40H,6-9,11-12,26-28H2,(H,31,35,36). The van der Waals surface area contributed by atoms with Crippen molar-refractivity contribution in [1.82, 2.24) is 15.1 Å². The lowest BCUT2D eigenvalue weighted by Crippen LogP contribution is -2.86. The molecule has 2 fully saturated rings. The Morgan fingerprint density at radius 3 is 2.44 bits per heavy atom. The molecule has 12 nitrogen and oxygen atoms in total. The summed E-state index contributed by atoms with van der Waals surface area (Å²) in [6, 6.07) is 9.00. The maximum absolute atomic E-state index is 14.9. The van der Waals surface area contributed by atoms with Crippen LogP contribution in [0.2, 0.25) is 0 Å². The summed E-state index contributed by atoms with van der Waals surface area (Å²) < 4.78 is 20.2. The van der Waals surface area contributed by atoms with Crippen LogP contribution in [0.5, 0.6) is 0 Å². The number of halogens is 1. The largest absolute Gasteiger partial charge is 0.391 e. The number of amides is 3. The van der Waals surface area contributed by atoms with Gasteiger partial charge in [0.15, 0.2) is 23.5 Å². The topological polar surface area (TPSA) is 172 Å². The number of carbonyl (C=O) groups is 3. The van der Waals surface area contributed by atoms with Gasteiger partial charge in [0.25, 0.3) is 17.7 Å². The number of benzene rings is 2. The Balaban J connectivity index is 1.41. The summed E-state index contributed by atoms with van der Waals surface area (Å²) in [7, 11) is 3.47. The molecule has 3 heterocycles. The average Bonchev–Trinajstić information content (AvgIpc) is 3.28. The number of anilines is 1. The lowest BCUT2D eigenvalue weighted by molar-refractivity contribution is -0.232. The molecule has 4 unspecified atom stereocenters. The van der Waals surface area contributed by atoms with E-state index in [0.717, 1.165) is 15.7 Å². The van der Waals surface area contributed by atoms with E-state index < -0.39 is 45.9 Å². The van der Waals surface area contributed by atoms with Crippen LogP contribution in [0.1, 0.15) is 27.0 Å². The van der Waals surface area contributed by atoms with Crippen molar-refractivity contribution in [1.29, 1.82) is 0 Å². The van der Waals surface area contributed by atoms with Gasteiger partial charge in [-0.3, -0.25) is 29.5 Å². The first-order chi connectivity index (χ1) is 19.1. The predicted octanol–water partition coefficient (Wildman–Crippen LogP) is -4.55. The highest BCUT2D eigenvalue weighted by Crippen LogP contribution is 2.41. The molecular weight excluding hydrogens is 536 g/mol. The minimum atomic E-state index is -3.00. The van der Waals surface area contributed by atoms with Crippen LogP contribution >= 0.6 is 0 Å². The number of aliphatic hydroxyl groups is 4. The Labute approximate surface area is 237 Å². The molecule has 214 valence electrons. The lowest BCUT2D eigenvalue weighted by Gasteiger charge is -2.53. The Hall–Kier alpha value is -3.27. The maximum Gasteiger partial charge on any atom is 0.282 e. The first-order valence-corrected chi connectivity index (χ1v) is 13.2. The SMILES string of the molecule is BC(O)(c1ccc(F)c(CNc2cccc3c2CN(C2(O)C(=O)NC(=O)C(B)(O)C2(B)O)C3=O)c1)N1CCOCC1. The summed E-state index contributed by atoms with van der Waals surface area (Å²) in [5.74, 6) is -3.91. The van der Waals surface area contributed by atoms with E-state index in [9.17, 15) is 39.2 Å². The number of carbonyl (C=O) groups excluding carboxylic acids is 3. The van der Waals surface area contributed by atoms with Gasteiger partial charge in [-0.25, -0.2) is 4.39 Å². The maximum atomic E-state index is 14.9. The second-order valence-corrected chi connectivity index (χ2v) is 11.1. The van der Waals surface area contributed by atoms with Crippen LogP contribution in [0.15, 0.2) is 36.4 Å². The molecule has 6 N–H and O–H groups in total. The fourth-order valence-electron chi connectivity index (χ4n) is 5.62. The van der Waals surface area contributed by atoms with Gasteiger partial charge in [0.2, 0.25) is 5.72 Å². The summed E-state index contributed by atoms with van der Waals surface area (Å²) in [5, 5.41) is 49.3. The van der Waals surface area contributed by atoms with E-state index >= 15 is 0 Å². The number of morpholine rings is 1. The van der Waals surface area contributed by atoms with Gasteiger partial charge in [-0.05, 0) is 29.8 Å². The summed E-state index contributed by atoms with van der Waals surface area (Å²) in [4.78, 5) is 41.0. The smallest absolute Gasteiger partial charge is 0.282 e. The van der Waals surface area contributed by atoms with E-state index in [-0.39, 0.29) is 24.2 Å². The lowest BCUT2D eigenvalue weighted by atomic mass is 9.51. The van der Waals surface area contributed by atoms with Gasteiger partial charge in [-0.1, -0.05) is 12.1 Å². The van der Waals surface area contributed by atoms with Crippen molar-refractivity contribution in [3.8, 4) is 0 Å². The third-order valence-corrected chi connectivity index (χ3v) is 8.66. The molecule has 3 aliphatic heterocycles. The fourth-order valence-corrected chi connectivity index (χ4v) is 5.62. The first kappa shape index (κ1) is 29.2. The highest BCUT2D eigenvalue weighted by Gasteiger charge is 2.71. The van der Waals surface area contributed by atoms with Crippen LogP contribution in [0.3, 0.4) is 0 Å². The summed E-state index contributed by atoms with van der Waals surface area (Å²) >= 11 is 0. The van der Waals surface area contributed by atoms with Gasteiger partial charge in [0.1, 0.15) is 22.4 Å². The molecule has 0 radical (unpaired) electrons. The van der Waals surface area contributed by atoms with E-state index in [0.29, 0.717) is 48.0 Å². The summed E-state index contributed by atoms with van der Waals surface area (Å²) in [6.07, 6.45) is 0. The van der Waals surface area contributed by atoms with Crippen LogP contribution in [0, 0.1) is 5.82 Å². The minimum Gasteiger partial charge on any atom is -0.391 e. The Kier molecular flexibility index (Phi) is 7.08. The number of hydrogen-bond acceptors (Lipinski definition) is 10. The van der Waals surface area contributed by atoms with Crippen LogP contribution < -0.4 is 10.6 Å². The molecule has 0 saturated carbocycles. The van der Waals surface area contributed by atoms with Crippen LogP contribution in [-0.2, 0) is 33.0 Å². The highest BCUT2D eigenvalue weighted by atomic mass is 19.1. The van der Waals surface area contributed by atoms with Gasteiger partial charge >= 0.3 is 0 Å². The number of piperidine rings is 1. The molecule has 2 aromatic carbocycles. The highest BCUT2D eigenvalue weighted by molar-refractivity contribution is 6.39. The van der Waals surface area contributed by atoms with Crippen molar-refractivity contribution in [2.24, 2.45) is 0 Å². The normalized spacial score (nSPS) is 30.1. The number of nitrogens with one attached hydrogen (secondary N) is 2. The Morgan fingerprint density at radius 2 is 1.76 bits per heavy atom. The quantitative estimate of drug-likeness (QED) is 0.148. The number of ether oxygens (including phenoxy) is 1. The Morgan fingerprint density at radius 1 is 1.07 bits per heavy atom.